The Morgan fingerprint density at radius 1 is 1.36 bits per heavy atom. The van der Waals surface area contributed by atoms with Crippen LogP contribution in [0.4, 0.5) is 9.18 Å². The molecule has 0 aromatic heterocycles. The van der Waals surface area contributed by atoms with E-state index in [1.165, 1.54) is 12.1 Å². The maximum absolute atomic E-state index is 12.9. The number of ether oxygens (including phenoxy) is 1. The number of benzene rings is 1. The van der Waals surface area contributed by atoms with Crippen molar-refractivity contribution in [1.29, 1.82) is 0 Å². The van der Waals surface area contributed by atoms with Crippen LogP contribution in [0.25, 0.3) is 5.70 Å². The molecule has 1 amide bonds. The highest BCUT2D eigenvalue weighted by molar-refractivity contribution is 5.83. The summed E-state index contributed by atoms with van der Waals surface area (Å²) in [5, 5.41) is 0. The second kappa shape index (κ2) is 9.20. The molecule has 0 saturated carbocycles. The molecule has 0 saturated heterocycles. The van der Waals surface area contributed by atoms with Crippen LogP contribution in [-0.4, -0.2) is 41.9 Å². The normalized spacial score (nSPS) is 13.8. The molecule has 0 aliphatic rings. The van der Waals surface area contributed by atoms with Gasteiger partial charge in [-0.3, -0.25) is 4.99 Å². The van der Waals surface area contributed by atoms with E-state index < -0.39 is 5.60 Å². The molecule has 1 aromatic rings. The summed E-state index contributed by atoms with van der Waals surface area (Å²) in [4.78, 5) is 18.1. The van der Waals surface area contributed by atoms with E-state index in [1.807, 2.05) is 34.6 Å². The van der Waals surface area contributed by atoms with Crippen molar-refractivity contribution in [2.75, 3.05) is 13.1 Å². The fourth-order valence-electron chi connectivity index (χ4n) is 2.12. The quantitative estimate of drug-likeness (QED) is 0.793. The zero-order chi connectivity index (χ0) is 19.0. The number of hydrogen-bond donors (Lipinski definition) is 1. The molecule has 0 spiro atoms. The first kappa shape index (κ1) is 20.7. The Kier molecular flexibility index (Phi) is 7.61. The van der Waals surface area contributed by atoms with Gasteiger partial charge in [0, 0.05) is 18.5 Å². The van der Waals surface area contributed by atoms with E-state index in [0.717, 1.165) is 5.56 Å². The summed E-state index contributed by atoms with van der Waals surface area (Å²) in [7, 11) is 0. The van der Waals surface area contributed by atoms with E-state index in [2.05, 4.69) is 4.99 Å². The zero-order valence-corrected chi connectivity index (χ0v) is 15.6. The zero-order valence-electron chi connectivity index (χ0n) is 15.6. The predicted octanol–water partition coefficient (Wildman–Crippen LogP) is 3.84. The number of aliphatic imine (C=N–C) groups is 1. The van der Waals surface area contributed by atoms with E-state index in [0.29, 0.717) is 18.8 Å². The molecule has 25 heavy (non-hydrogen) atoms. The number of nitrogens with two attached hydrogens (primary N) is 1. The first-order valence-electron chi connectivity index (χ1n) is 8.35. The Labute approximate surface area is 149 Å². The standard InChI is InChI=1S/C19H28FN3O2/c1-6-23(18(24)25-19(3,4)5)14(2)13-22-12-11-17(21)15-7-9-16(20)10-8-15/h7-12,14H,6,13,21H2,1-5H3/t14-/m0/s1. The van der Waals surface area contributed by atoms with Gasteiger partial charge in [-0.1, -0.05) is 12.1 Å². The second-order valence-corrected chi connectivity index (χ2v) is 6.76. The molecule has 0 bridgehead atoms. The smallest absolute Gasteiger partial charge is 0.410 e. The third-order valence-electron chi connectivity index (χ3n) is 3.41. The predicted molar refractivity (Wildman–Crippen MR) is 100.0 cm³/mol. The number of likely N-dealkylation sites (N-methyl/N-ethyl adjacent to an activating group) is 1. The molecule has 0 aliphatic carbocycles. The minimum Gasteiger partial charge on any atom is -0.444 e. The lowest BCUT2D eigenvalue weighted by Crippen LogP contribution is -2.43. The van der Waals surface area contributed by atoms with Gasteiger partial charge in [-0.05, 0) is 58.4 Å². The molecule has 1 atom stereocenters. The number of amides is 1. The van der Waals surface area contributed by atoms with Crippen molar-refractivity contribution in [2.45, 2.75) is 46.3 Å². The molecule has 6 heteroatoms. The van der Waals surface area contributed by atoms with Gasteiger partial charge in [0.2, 0.25) is 0 Å². The van der Waals surface area contributed by atoms with E-state index >= 15 is 0 Å². The third-order valence-corrected chi connectivity index (χ3v) is 3.41. The lowest BCUT2D eigenvalue weighted by Gasteiger charge is -2.30. The SMILES string of the molecule is CCN(C(=O)OC(C)(C)C)[C@@H](C)CN=CC=C(N)c1ccc(F)cc1. The van der Waals surface area contributed by atoms with Crippen molar-refractivity contribution >= 4 is 18.0 Å². The van der Waals surface area contributed by atoms with Gasteiger partial charge in [-0.25, -0.2) is 9.18 Å². The summed E-state index contributed by atoms with van der Waals surface area (Å²) < 4.78 is 18.3. The molecule has 0 radical (unpaired) electrons. The maximum Gasteiger partial charge on any atom is 0.410 e. The fourth-order valence-corrected chi connectivity index (χ4v) is 2.12. The summed E-state index contributed by atoms with van der Waals surface area (Å²) in [6.07, 6.45) is 2.90. The summed E-state index contributed by atoms with van der Waals surface area (Å²) in [6, 6.07) is 5.83. The molecule has 138 valence electrons. The van der Waals surface area contributed by atoms with Gasteiger partial charge in [0.25, 0.3) is 0 Å². The summed E-state index contributed by atoms with van der Waals surface area (Å²) in [6.45, 7) is 10.3. The van der Waals surface area contributed by atoms with Crippen molar-refractivity contribution in [3.05, 3.63) is 41.7 Å². The van der Waals surface area contributed by atoms with Crippen molar-refractivity contribution in [3.63, 3.8) is 0 Å². The van der Waals surface area contributed by atoms with E-state index in [-0.39, 0.29) is 18.0 Å². The maximum atomic E-state index is 12.9. The van der Waals surface area contributed by atoms with Crippen molar-refractivity contribution in [1.82, 2.24) is 4.90 Å². The molecule has 1 rings (SSSR count). The van der Waals surface area contributed by atoms with Gasteiger partial charge in [0.1, 0.15) is 11.4 Å². The third kappa shape index (κ3) is 7.37. The van der Waals surface area contributed by atoms with Crippen molar-refractivity contribution in [2.24, 2.45) is 10.7 Å². The Hall–Kier alpha value is -2.37. The van der Waals surface area contributed by atoms with Crippen LogP contribution < -0.4 is 5.73 Å². The summed E-state index contributed by atoms with van der Waals surface area (Å²) in [5.74, 6) is -0.305. The summed E-state index contributed by atoms with van der Waals surface area (Å²) in [5.41, 5.74) is 6.62. The van der Waals surface area contributed by atoms with E-state index in [4.69, 9.17) is 10.5 Å². The minimum atomic E-state index is -0.528. The molecule has 0 unspecified atom stereocenters. The van der Waals surface area contributed by atoms with Gasteiger partial charge in [-0.2, -0.15) is 0 Å². The Balaban J connectivity index is 2.62. The van der Waals surface area contributed by atoms with Crippen molar-refractivity contribution in [3.8, 4) is 0 Å². The Bertz CT molecular complexity index is 619. The molecule has 2 N–H and O–H groups in total. The Morgan fingerprint density at radius 2 is 1.96 bits per heavy atom. The van der Waals surface area contributed by atoms with E-state index in [1.54, 1.807) is 29.3 Å². The molecule has 0 fully saturated rings. The van der Waals surface area contributed by atoms with Crippen LogP contribution in [0.3, 0.4) is 0 Å². The van der Waals surface area contributed by atoms with Gasteiger partial charge in [0.15, 0.2) is 0 Å². The first-order valence-corrected chi connectivity index (χ1v) is 8.35. The number of carbonyl (C=O) groups is 1. The largest absolute Gasteiger partial charge is 0.444 e. The average molecular weight is 349 g/mol. The summed E-state index contributed by atoms with van der Waals surface area (Å²) >= 11 is 0. The lowest BCUT2D eigenvalue weighted by atomic mass is 10.1. The van der Waals surface area contributed by atoms with Gasteiger partial charge < -0.3 is 15.4 Å². The van der Waals surface area contributed by atoms with Crippen LogP contribution in [-0.2, 0) is 4.74 Å². The van der Waals surface area contributed by atoms with Crippen LogP contribution in [0.5, 0.6) is 0 Å². The second-order valence-electron chi connectivity index (χ2n) is 6.76. The van der Waals surface area contributed by atoms with Crippen LogP contribution >= 0.6 is 0 Å². The van der Waals surface area contributed by atoms with Crippen LogP contribution in [0.15, 0.2) is 35.3 Å². The van der Waals surface area contributed by atoms with Gasteiger partial charge >= 0.3 is 6.09 Å². The van der Waals surface area contributed by atoms with Crippen molar-refractivity contribution < 1.29 is 13.9 Å². The molecule has 1 aromatic carbocycles. The first-order chi connectivity index (χ1) is 11.6. The number of hydrogen-bond acceptors (Lipinski definition) is 4. The molecular formula is C19H28FN3O2. The fraction of sp³-hybridized carbons (Fsp3) is 0.474. The number of rotatable bonds is 6. The van der Waals surface area contributed by atoms with Crippen LogP contribution in [0.1, 0.15) is 40.2 Å². The monoisotopic (exact) mass is 349 g/mol. The van der Waals surface area contributed by atoms with Gasteiger partial charge in [0.05, 0.1) is 12.6 Å². The lowest BCUT2D eigenvalue weighted by molar-refractivity contribution is 0.0196. The van der Waals surface area contributed by atoms with E-state index in [9.17, 15) is 9.18 Å². The number of allylic oxidation sites excluding steroid dienone is 1. The van der Waals surface area contributed by atoms with Crippen LogP contribution in [0, 0.1) is 5.82 Å². The number of halogens is 1. The number of nitrogens with zero attached hydrogens (tertiary/aromatic N) is 2. The highest BCUT2D eigenvalue weighted by atomic mass is 19.1. The highest BCUT2D eigenvalue weighted by Crippen LogP contribution is 2.12. The minimum absolute atomic E-state index is 0.100. The molecule has 0 heterocycles. The average Bonchev–Trinajstić information content (AvgIpc) is 2.51. The topological polar surface area (TPSA) is 67.9 Å². The molecule has 5 nitrogen and oxygen atoms in total. The highest BCUT2D eigenvalue weighted by Gasteiger charge is 2.24. The molecular weight excluding hydrogens is 321 g/mol. The Morgan fingerprint density at radius 3 is 2.48 bits per heavy atom. The van der Waals surface area contributed by atoms with Gasteiger partial charge in [-0.15, -0.1) is 0 Å². The number of carbonyl (C=O) groups excluding carboxylic acids is 1. The van der Waals surface area contributed by atoms with Crippen LogP contribution in [0.2, 0.25) is 0 Å². The molecule has 0 aliphatic heterocycles.